The molecule has 1 atom stereocenters. The molecule has 1 aliphatic heterocycles. The van der Waals surface area contributed by atoms with Crippen LogP contribution in [0.3, 0.4) is 0 Å². The lowest BCUT2D eigenvalue weighted by Crippen LogP contribution is -2.45. The van der Waals surface area contributed by atoms with Crippen LogP contribution in [-0.2, 0) is 17.3 Å². The molecule has 1 aromatic heterocycles. The Morgan fingerprint density at radius 3 is 2.57 bits per heavy atom. The Bertz CT molecular complexity index is 1060. The predicted octanol–water partition coefficient (Wildman–Crippen LogP) is 5.08. The Balaban J connectivity index is 1.82. The van der Waals surface area contributed by atoms with Crippen molar-refractivity contribution < 1.29 is 17.9 Å². The number of aromatic nitrogens is 2. The summed E-state index contributed by atoms with van der Waals surface area (Å²) in [6.45, 7) is 4.60. The van der Waals surface area contributed by atoms with Crippen molar-refractivity contribution in [3.8, 4) is 0 Å². The van der Waals surface area contributed by atoms with Crippen LogP contribution in [0.4, 0.5) is 24.7 Å². The zero-order chi connectivity index (χ0) is 21.3. The van der Waals surface area contributed by atoms with Crippen LogP contribution in [0.15, 0.2) is 53.5 Å². The minimum absolute atomic E-state index is 0.322. The summed E-state index contributed by atoms with van der Waals surface area (Å²) in [7, 11) is 0. The second kappa shape index (κ2) is 7.95. The van der Waals surface area contributed by atoms with E-state index in [1.165, 1.54) is 11.1 Å². The molecule has 4 rings (SSSR count). The summed E-state index contributed by atoms with van der Waals surface area (Å²) < 4.78 is 49.9. The number of nitrogens with one attached hydrogen (secondary N) is 1. The van der Waals surface area contributed by atoms with Gasteiger partial charge in [0.15, 0.2) is 12.0 Å². The van der Waals surface area contributed by atoms with Crippen LogP contribution >= 0.6 is 0 Å². The van der Waals surface area contributed by atoms with E-state index < -0.39 is 17.9 Å². The number of hydrogen-bond acceptors (Lipinski definition) is 4. The molecule has 0 bridgehead atoms. The molecule has 156 valence electrons. The maximum absolute atomic E-state index is 15.6. The highest BCUT2D eigenvalue weighted by Gasteiger charge is 2.47. The number of H-pyrrole nitrogens is 1. The molecule has 0 fully saturated rings. The molecule has 0 amide bonds. The van der Waals surface area contributed by atoms with E-state index in [4.69, 9.17) is 4.74 Å². The van der Waals surface area contributed by atoms with Crippen molar-refractivity contribution in [1.82, 2.24) is 10.2 Å². The third-order valence-electron chi connectivity index (χ3n) is 4.92. The van der Waals surface area contributed by atoms with Gasteiger partial charge in [0.1, 0.15) is 5.82 Å². The number of nitrogens with zero attached hydrogens (tertiary/aromatic N) is 3. The fourth-order valence-corrected chi connectivity index (χ4v) is 3.42. The fraction of sp³-hybridized carbons (Fsp3) is 0.273. The SMILES string of the molecule is CCOCc1ccc2c(c1)N(c1cc(C)[nH]n1)C(C(F)(F)c1ccc(F)cc1)N=C2. The number of anilines is 2. The van der Waals surface area contributed by atoms with Gasteiger partial charge in [-0.2, -0.15) is 13.9 Å². The van der Waals surface area contributed by atoms with Crippen LogP contribution in [0.25, 0.3) is 0 Å². The number of aryl methyl sites for hydroxylation is 1. The van der Waals surface area contributed by atoms with E-state index >= 15 is 8.78 Å². The van der Waals surface area contributed by atoms with Crippen molar-refractivity contribution in [2.75, 3.05) is 11.5 Å². The third-order valence-corrected chi connectivity index (χ3v) is 4.92. The number of ether oxygens (including phenoxy) is 1. The van der Waals surface area contributed by atoms with Gasteiger partial charge in [-0.3, -0.25) is 15.0 Å². The number of benzene rings is 2. The Hall–Kier alpha value is -3.13. The Morgan fingerprint density at radius 1 is 1.13 bits per heavy atom. The van der Waals surface area contributed by atoms with E-state index in [1.54, 1.807) is 13.0 Å². The molecule has 5 nitrogen and oxygen atoms in total. The van der Waals surface area contributed by atoms with Crippen molar-refractivity contribution >= 4 is 17.7 Å². The van der Waals surface area contributed by atoms with Crippen molar-refractivity contribution in [2.24, 2.45) is 4.99 Å². The topological polar surface area (TPSA) is 53.5 Å². The molecular formula is C22H21F3N4O. The van der Waals surface area contributed by atoms with Crippen LogP contribution in [-0.4, -0.2) is 29.2 Å². The van der Waals surface area contributed by atoms with Crippen molar-refractivity contribution in [2.45, 2.75) is 32.5 Å². The summed E-state index contributed by atoms with van der Waals surface area (Å²) in [6, 6.07) is 11.4. The van der Waals surface area contributed by atoms with Gasteiger partial charge in [-0.25, -0.2) is 4.39 Å². The second-order valence-electron chi connectivity index (χ2n) is 7.09. The van der Waals surface area contributed by atoms with Gasteiger partial charge < -0.3 is 4.74 Å². The number of halogens is 3. The van der Waals surface area contributed by atoms with E-state index in [0.717, 1.165) is 35.5 Å². The molecule has 2 heterocycles. The minimum Gasteiger partial charge on any atom is -0.377 e. The van der Waals surface area contributed by atoms with Gasteiger partial charge in [0.05, 0.1) is 12.3 Å². The third kappa shape index (κ3) is 3.70. The fourth-order valence-electron chi connectivity index (χ4n) is 3.42. The second-order valence-corrected chi connectivity index (χ2v) is 7.09. The molecular weight excluding hydrogens is 393 g/mol. The standard InChI is InChI=1S/C22H21F3N4O/c1-3-30-13-15-4-5-16-12-26-21(22(24,25)17-6-8-18(23)9-7-17)29(19(16)11-15)20-10-14(2)27-28-20/h4-12,21H,3,13H2,1-2H3,(H,27,28). The van der Waals surface area contributed by atoms with Crippen molar-refractivity contribution in [3.05, 3.63) is 76.7 Å². The van der Waals surface area contributed by atoms with Crippen LogP contribution in [0.5, 0.6) is 0 Å². The predicted molar refractivity (Wildman–Crippen MR) is 109 cm³/mol. The van der Waals surface area contributed by atoms with E-state index in [-0.39, 0.29) is 5.56 Å². The van der Waals surface area contributed by atoms with Crippen LogP contribution in [0.2, 0.25) is 0 Å². The molecule has 8 heteroatoms. The number of aromatic amines is 1. The quantitative estimate of drug-likeness (QED) is 0.612. The Kier molecular flexibility index (Phi) is 5.34. The van der Waals surface area contributed by atoms with Gasteiger partial charge >= 0.3 is 5.92 Å². The van der Waals surface area contributed by atoms with Crippen LogP contribution in [0, 0.1) is 12.7 Å². The molecule has 1 unspecified atom stereocenters. The van der Waals surface area contributed by atoms with Crippen LogP contribution in [0.1, 0.15) is 29.3 Å². The van der Waals surface area contributed by atoms with Gasteiger partial charge in [0, 0.05) is 35.7 Å². The average molecular weight is 414 g/mol. The highest BCUT2D eigenvalue weighted by atomic mass is 19.3. The number of aliphatic imine (C=N–C) groups is 1. The first-order chi connectivity index (χ1) is 14.4. The largest absolute Gasteiger partial charge is 0.377 e. The molecule has 0 radical (unpaired) electrons. The first-order valence-electron chi connectivity index (χ1n) is 9.59. The normalized spacial score (nSPS) is 16.0. The first kappa shape index (κ1) is 20.2. The molecule has 2 aromatic carbocycles. The molecule has 0 saturated carbocycles. The summed E-state index contributed by atoms with van der Waals surface area (Å²) in [4.78, 5) is 5.59. The smallest absolute Gasteiger partial charge is 0.313 e. The summed E-state index contributed by atoms with van der Waals surface area (Å²) >= 11 is 0. The number of fused-ring (bicyclic) bond motifs is 1. The van der Waals surface area contributed by atoms with Gasteiger partial charge in [-0.1, -0.05) is 12.1 Å². The zero-order valence-corrected chi connectivity index (χ0v) is 16.6. The van der Waals surface area contributed by atoms with E-state index in [2.05, 4.69) is 15.2 Å². The maximum atomic E-state index is 15.6. The van der Waals surface area contributed by atoms with Crippen molar-refractivity contribution in [1.29, 1.82) is 0 Å². The number of hydrogen-bond donors (Lipinski definition) is 1. The van der Waals surface area contributed by atoms with Gasteiger partial charge in [0.25, 0.3) is 0 Å². The van der Waals surface area contributed by atoms with E-state index in [9.17, 15) is 4.39 Å². The highest BCUT2D eigenvalue weighted by Crippen LogP contribution is 2.43. The number of alkyl halides is 2. The lowest BCUT2D eigenvalue weighted by atomic mass is 10.0. The summed E-state index contributed by atoms with van der Waals surface area (Å²) in [5.74, 6) is -3.65. The van der Waals surface area contributed by atoms with Gasteiger partial charge in [0.2, 0.25) is 0 Å². The van der Waals surface area contributed by atoms with Gasteiger partial charge in [-0.05, 0) is 49.7 Å². The maximum Gasteiger partial charge on any atom is 0.313 e. The summed E-state index contributed by atoms with van der Waals surface area (Å²) in [5.41, 5.74) is 2.52. The lowest BCUT2D eigenvalue weighted by molar-refractivity contribution is -0.0286. The molecule has 0 aliphatic carbocycles. The molecule has 0 spiro atoms. The minimum atomic E-state index is -3.40. The lowest BCUT2D eigenvalue weighted by Gasteiger charge is -2.37. The Labute approximate surface area is 172 Å². The van der Waals surface area contributed by atoms with E-state index in [0.29, 0.717) is 30.3 Å². The highest BCUT2D eigenvalue weighted by molar-refractivity contribution is 5.92. The van der Waals surface area contributed by atoms with Gasteiger partial charge in [-0.15, -0.1) is 0 Å². The number of rotatable bonds is 6. The molecule has 1 N–H and O–H groups in total. The molecule has 1 aliphatic rings. The molecule has 30 heavy (non-hydrogen) atoms. The molecule has 3 aromatic rings. The van der Waals surface area contributed by atoms with E-state index in [1.807, 2.05) is 25.1 Å². The van der Waals surface area contributed by atoms with Crippen molar-refractivity contribution in [3.63, 3.8) is 0 Å². The summed E-state index contributed by atoms with van der Waals surface area (Å²) in [5, 5.41) is 7.01. The average Bonchev–Trinajstić information content (AvgIpc) is 3.17. The van der Waals surface area contributed by atoms with Crippen LogP contribution < -0.4 is 4.90 Å². The first-order valence-corrected chi connectivity index (χ1v) is 9.59. The zero-order valence-electron chi connectivity index (χ0n) is 16.6. The monoisotopic (exact) mass is 414 g/mol. The Morgan fingerprint density at radius 2 is 1.90 bits per heavy atom. The summed E-state index contributed by atoms with van der Waals surface area (Å²) in [6.07, 6.45) is -0.141. The molecule has 0 saturated heterocycles.